The average molecular weight is 477 g/mol. The Labute approximate surface area is 179 Å². The molecule has 0 radical (unpaired) electrons. The van der Waals surface area contributed by atoms with Gasteiger partial charge in [0, 0.05) is 25.1 Å². The zero-order valence-electron chi connectivity index (χ0n) is 16.5. The van der Waals surface area contributed by atoms with Crippen LogP contribution in [0.1, 0.15) is 30.7 Å². The molecule has 1 atom stereocenters. The van der Waals surface area contributed by atoms with Crippen molar-refractivity contribution in [1.82, 2.24) is 18.7 Å². The van der Waals surface area contributed by atoms with Crippen molar-refractivity contribution in [2.75, 3.05) is 0 Å². The number of rotatable bonds is 4. The highest BCUT2D eigenvalue weighted by Crippen LogP contribution is 2.39. The van der Waals surface area contributed by atoms with Gasteiger partial charge in [-0.25, -0.2) is 9.78 Å². The lowest BCUT2D eigenvalue weighted by atomic mass is 10.2. The summed E-state index contributed by atoms with van der Waals surface area (Å²) in [5, 5.41) is 11.6. The molecule has 4 aromatic rings. The SMILES string of the molecule is CC(C)Cn1c(=O)n(C)c(=O)c2c(Br)c(C(O)c3nc4ccccc4n3C)sc21. The second-order valence-electron chi connectivity index (χ2n) is 7.53. The number of imidazole rings is 1. The minimum Gasteiger partial charge on any atom is -0.379 e. The Kier molecular flexibility index (Phi) is 5.00. The molecule has 0 fully saturated rings. The number of hydrogen-bond acceptors (Lipinski definition) is 5. The molecule has 9 heteroatoms. The Hall–Kier alpha value is -2.23. The van der Waals surface area contributed by atoms with Crippen LogP contribution in [-0.4, -0.2) is 23.8 Å². The van der Waals surface area contributed by atoms with Gasteiger partial charge in [0.2, 0.25) is 0 Å². The van der Waals surface area contributed by atoms with Crippen LogP contribution in [0.3, 0.4) is 0 Å². The molecule has 1 unspecified atom stereocenters. The van der Waals surface area contributed by atoms with Gasteiger partial charge in [0.1, 0.15) is 16.8 Å². The molecular weight excluding hydrogens is 456 g/mol. The van der Waals surface area contributed by atoms with Gasteiger partial charge in [-0.05, 0) is 34.0 Å². The van der Waals surface area contributed by atoms with E-state index in [2.05, 4.69) is 20.9 Å². The second kappa shape index (κ2) is 7.23. The Morgan fingerprint density at radius 3 is 2.52 bits per heavy atom. The van der Waals surface area contributed by atoms with Crippen LogP contribution in [0.4, 0.5) is 0 Å². The summed E-state index contributed by atoms with van der Waals surface area (Å²) in [6.07, 6.45) is -1.04. The van der Waals surface area contributed by atoms with Crippen molar-refractivity contribution >= 4 is 48.5 Å². The summed E-state index contributed by atoms with van der Waals surface area (Å²) in [5.74, 6) is 0.704. The standard InChI is InChI=1S/C20H21BrN4O3S/c1-10(2)9-25-19-13(18(27)24(4)20(25)28)14(21)16(29-19)15(26)17-22-11-7-5-6-8-12(11)23(17)3/h5-8,10,15,26H,9H2,1-4H3. The predicted molar refractivity (Wildman–Crippen MR) is 119 cm³/mol. The number of thiophene rings is 1. The van der Waals surface area contributed by atoms with E-state index in [9.17, 15) is 14.7 Å². The summed E-state index contributed by atoms with van der Waals surface area (Å²) in [6, 6.07) is 7.65. The molecular formula is C20H21BrN4O3S. The molecule has 3 heterocycles. The van der Waals surface area contributed by atoms with Crippen molar-refractivity contribution in [2.45, 2.75) is 26.5 Å². The van der Waals surface area contributed by atoms with Gasteiger partial charge < -0.3 is 9.67 Å². The normalized spacial score (nSPS) is 13.1. The maximum absolute atomic E-state index is 12.8. The molecule has 0 amide bonds. The number of aromatic nitrogens is 4. The number of hydrogen-bond donors (Lipinski definition) is 1. The molecule has 0 aliphatic rings. The number of benzene rings is 1. The largest absolute Gasteiger partial charge is 0.379 e. The minimum atomic E-state index is -1.04. The Morgan fingerprint density at radius 1 is 1.17 bits per heavy atom. The number of para-hydroxylation sites is 2. The van der Waals surface area contributed by atoms with Gasteiger partial charge in [-0.3, -0.25) is 13.9 Å². The quantitative estimate of drug-likeness (QED) is 0.490. The van der Waals surface area contributed by atoms with Crippen molar-refractivity contribution in [3.05, 3.63) is 60.3 Å². The van der Waals surface area contributed by atoms with Crippen LogP contribution >= 0.6 is 27.3 Å². The van der Waals surface area contributed by atoms with Crippen LogP contribution in [0.15, 0.2) is 38.3 Å². The van der Waals surface area contributed by atoms with Gasteiger partial charge in [-0.2, -0.15) is 0 Å². The third kappa shape index (κ3) is 3.08. The Balaban J connectivity index is 1.98. The van der Waals surface area contributed by atoms with Gasteiger partial charge in [-0.1, -0.05) is 26.0 Å². The van der Waals surface area contributed by atoms with Crippen LogP contribution in [0, 0.1) is 5.92 Å². The predicted octanol–water partition coefficient (Wildman–Crippen LogP) is 3.15. The molecule has 152 valence electrons. The number of halogens is 1. The van der Waals surface area contributed by atoms with Gasteiger partial charge in [0.05, 0.1) is 21.3 Å². The first-order valence-corrected chi connectivity index (χ1v) is 10.8. The molecule has 4 rings (SSSR count). The van der Waals surface area contributed by atoms with E-state index in [1.54, 1.807) is 4.57 Å². The summed E-state index contributed by atoms with van der Waals surface area (Å²) in [7, 11) is 3.33. The maximum Gasteiger partial charge on any atom is 0.331 e. The zero-order valence-corrected chi connectivity index (χ0v) is 18.9. The molecule has 0 aliphatic carbocycles. The van der Waals surface area contributed by atoms with Gasteiger partial charge >= 0.3 is 5.69 Å². The molecule has 1 aromatic carbocycles. The highest BCUT2D eigenvalue weighted by molar-refractivity contribution is 9.10. The Morgan fingerprint density at radius 2 is 1.86 bits per heavy atom. The smallest absolute Gasteiger partial charge is 0.331 e. The lowest BCUT2D eigenvalue weighted by Gasteiger charge is -2.11. The molecule has 7 nitrogen and oxygen atoms in total. The van der Waals surface area contributed by atoms with E-state index in [-0.39, 0.29) is 17.2 Å². The van der Waals surface area contributed by atoms with Gasteiger partial charge in [0.25, 0.3) is 5.56 Å². The molecule has 0 aliphatic heterocycles. The highest BCUT2D eigenvalue weighted by Gasteiger charge is 2.27. The fourth-order valence-electron chi connectivity index (χ4n) is 3.54. The third-order valence-electron chi connectivity index (χ3n) is 5.00. The van der Waals surface area contributed by atoms with Crippen LogP contribution in [-0.2, 0) is 20.6 Å². The number of nitrogens with zero attached hydrogens (tertiary/aromatic N) is 4. The summed E-state index contributed by atoms with van der Waals surface area (Å²) >= 11 is 4.76. The molecule has 1 N–H and O–H groups in total. The summed E-state index contributed by atoms with van der Waals surface area (Å²) < 4.78 is 5.08. The highest BCUT2D eigenvalue weighted by atomic mass is 79.9. The van der Waals surface area contributed by atoms with E-state index in [0.717, 1.165) is 15.6 Å². The molecule has 29 heavy (non-hydrogen) atoms. The first-order chi connectivity index (χ1) is 13.7. The van der Waals surface area contributed by atoms with E-state index in [1.807, 2.05) is 49.7 Å². The molecule has 0 saturated heterocycles. The monoisotopic (exact) mass is 476 g/mol. The summed E-state index contributed by atoms with van der Waals surface area (Å²) in [6.45, 7) is 4.51. The number of aliphatic hydroxyl groups excluding tert-OH is 1. The maximum atomic E-state index is 12.8. The van der Waals surface area contributed by atoms with Crippen molar-refractivity contribution in [3.63, 3.8) is 0 Å². The number of aryl methyl sites for hydroxylation is 1. The van der Waals surface area contributed by atoms with Crippen molar-refractivity contribution < 1.29 is 5.11 Å². The van der Waals surface area contributed by atoms with Gasteiger partial charge in [0.15, 0.2) is 0 Å². The lowest BCUT2D eigenvalue weighted by molar-refractivity contribution is 0.210. The molecule has 3 aromatic heterocycles. The second-order valence-corrected chi connectivity index (χ2v) is 9.36. The number of aliphatic hydroxyl groups is 1. The summed E-state index contributed by atoms with van der Waals surface area (Å²) in [4.78, 5) is 31.2. The third-order valence-corrected chi connectivity index (χ3v) is 7.35. The van der Waals surface area contributed by atoms with E-state index in [0.29, 0.717) is 31.9 Å². The van der Waals surface area contributed by atoms with Crippen molar-refractivity contribution in [3.8, 4) is 0 Å². The fraction of sp³-hybridized carbons (Fsp3) is 0.350. The van der Waals surface area contributed by atoms with E-state index < -0.39 is 6.10 Å². The number of fused-ring (bicyclic) bond motifs is 2. The van der Waals surface area contributed by atoms with Crippen LogP contribution in [0.5, 0.6) is 0 Å². The fourth-order valence-corrected chi connectivity index (χ4v) is 5.66. The first-order valence-electron chi connectivity index (χ1n) is 9.23. The van der Waals surface area contributed by atoms with Crippen molar-refractivity contribution in [1.29, 1.82) is 0 Å². The van der Waals surface area contributed by atoms with E-state index in [4.69, 9.17) is 0 Å². The molecule has 0 spiro atoms. The van der Waals surface area contributed by atoms with E-state index in [1.165, 1.54) is 18.4 Å². The van der Waals surface area contributed by atoms with Crippen LogP contribution < -0.4 is 11.2 Å². The van der Waals surface area contributed by atoms with Crippen molar-refractivity contribution in [2.24, 2.45) is 20.0 Å². The minimum absolute atomic E-state index is 0.225. The van der Waals surface area contributed by atoms with Crippen LogP contribution in [0.2, 0.25) is 0 Å². The Bertz CT molecular complexity index is 1360. The summed E-state index contributed by atoms with van der Waals surface area (Å²) in [5.41, 5.74) is 0.964. The molecule has 0 bridgehead atoms. The van der Waals surface area contributed by atoms with Crippen LogP contribution in [0.25, 0.3) is 21.3 Å². The lowest BCUT2D eigenvalue weighted by Crippen LogP contribution is -2.38. The first kappa shape index (κ1) is 20.1. The van der Waals surface area contributed by atoms with Gasteiger partial charge in [-0.15, -0.1) is 11.3 Å². The average Bonchev–Trinajstić information content (AvgIpc) is 3.21. The van der Waals surface area contributed by atoms with E-state index >= 15 is 0 Å². The topological polar surface area (TPSA) is 82.1 Å². The zero-order chi connectivity index (χ0) is 21.0. The molecule has 0 saturated carbocycles.